The largest absolute Gasteiger partial charge is 0.329 e. The highest BCUT2D eigenvalue weighted by Crippen LogP contribution is 2.29. The summed E-state index contributed by atoms with van der Waals surface area (Å²) in [6.45, 7) is 2.06. The van der Waals surface area contributed by atoms with Crippen LogP contribution in [0.3, 0.4) is 0 Å². The van der Waals surface area contributed by atoms with Gasteiger partial charge in [-0.05, 0) is 24.6 Å². The fourth-order valence-electron chi connectivity index (χ4n) is 2.40. The number of H-pyrrole nitrogens is 1. The number of hydrogen-bond donors (Lipinski definition) is 1. The lowest BCUT2D eigenvalue weighted by molar-refractivity contribution is 0.880. The van der Waals surface area contributed by atoms with E-state index in [0.29, 0.717) is 0 Å². The maximum Gasteiger partial charge on any atom is 0.161 e. The second-order valence-corrected chi connectivity index (χ2v) is 4.79. The monoisotopic (exact) mass is 276 g/mol. The molecule has 0 aliphatic carbocycles. The van der Waals surface area contributed by atoms with Crippen LogP contribution in [-0.4, -0.2) is 29.7 Å². The minimum absolute atomic E-state index is 0.729. The van der Waals surface area contributed by atoms with Gasteiger partial charge in [-0.2, -0.15) is 5.10 Å². The highest BCUT2D eigenvalue weighted by Gasteiger charge is 2.14. The molecule has 0 bridgehead atoms. The highest BCUT2D eigenvalue weighted by atomic mass is 15.3. The van der Waals surface area contributed by atoms with Crippen molar-refractivity contribution in [2.24, 2.45) is 0 Å². The van der Waals surface area contributed by atoms with Crippen LogP contribution in [-0.2, 0) is 0 Å². The molecule has 0 spiro atoms. The maximum atomic E-state index is 4.41. The van der Waals surface area contributed by atoms with Gasteiger partial charge in [0, 0.05) is 18.0 Å². The molecule has 21 heavy (non-hydrogen) atoms. The van der Waals surface area contributed by atoms with Crippen molar-refractivity contribution >= 4 is 11.2 Å². The van der Waals surface area contributed by atoms with Crippen molar-refractivity contribution in [3.63, 3.8) is 0 Å². The van der Waals surface area contributed by atoms with Crippen molar-refractivity contribution in [2.75, 3.05) is 0 Å². The van der Waals surface area contributed by atoms with Gasteiger partial charge in [0.1, 0.15) is 17.5 Å². The zero-order valence-electron chi connectivity index (χ0n) is 11.4. The molecule has 1 N–H and O–H groups in total. The Morgan fingerprint density at radius 3 is 2.95 bits per heavy atom. The summed E-state index contributed by atoms with van der Waals surface area (Å²) in [5.41, 5.74) is 5.40. The normalized spacial score (nSPS) is 11.1. The number of nitrogens with zero attached hydrogens (tertiary/aromatic N) is 5. The molecule has 0 saturated heterocycles. The number of fused-ring (bicyclic) bond motifs is 1. The lowest BCUT2D eigenvalue weighted by Gasteiger charge is -2.10. The van der Waals surface area contributed by atoms with Gasteiger partial charge >= 0.3 is 0 Å². The summed E-state index contributed by atoms with van der Waals surface area (Å²) < 4.78 is 1.84. The second-order valence-electron chi connectivity index (χ2n) is 4.79. The molecular formula is C15H12N6. The number of nitrogens with one attached hydrogen (secondary N) is 1. The molecule has 6 nitrogen and oxygen atoms in total. The summed E-state index contributed by atoms with van der Waals surface area (Å²) in [6, 6.07) is 8.09. The number of aromatic nitrogens is 6. The Morgan fingerprint density at radius 2 is 2.10 bits per heavy atom. The van der Waals surface area contributed by atoms with Gasteiger partial charge < -0.3 is 4.98 Å². The van der Waals surface area contributed by atoms with E-state index in [9.17, 15) is 0 Å². The Kier molecular flexibility index (Phi) is 2.53. The summed E-state index contributed by atoms with van der Waals surface area (Å²) in [5, 5.41) is 4.33. The number of hydrogen-bond acceptors (Lipinski definition) is 4. The average molecular weight is 276 g/mol. The Labute approximate surface area is 120 Å². The molecule has 0 fully saturated rings. The third kappa shape index (κ3) is 1.88. The van der Waals surface area contributed by atoms with Gasteiger partial charge in [0.05, 0.1) is 12.0 Å². The molecule has 4 rings (SSSR count). The summed E-state index contributed by atoms with van der Waals surface area (Å²) >= 11 is 0. The first-order chi connectivity index (χ1) is 10.3. The number of aryl methyl sites for hydroxylation is 1. The molecule has 3 aromatic heterocycles. The Hall–Kier alpha value is -3.02. The molecule has 0 radical (unpaired) electrons. The Morgan fingerprint density at radius 1 is 1.14 bits per heavy atom. The number of benzene rings is 1. The van der Waals surface area contributed by atoms with E-state index in [1.807, 2.05) is 23.0 Å². The zero-order valence-corrected chi connectivity index (χ0v) is 11.4. The number of rotatable bonds is 2. The topological polar surface area (TPSA) is 72.3 Å². The summed E-state index contributed by atoms with van der Waals surface area (Å²) in [5.74, 6) is 0. The van der Waals surface area contributed by atoms with Crippen LogP contribution in [0.5, 0.6) is 0 Å². The van der Waals surface area contributed by atoms with E-state index >= 15 is 0 Å². The first-order valence-corrected chi connectivity index (χ1v) is 6.58. The van der Waals surface area contributed by atoms with Crippen LogP contribution in [0.25, 0.3) is 28.1 Å². The molecule has 4 aromatic rings. The summed E-state index contributed by atoms with van der Waals surface area (Å²) in [6.07, 6.45) is 6.85. The van der Waals surface area contributed by atoms with Crippen molar-refractivity contribution in [3.8, 4) is 16.9 Å². The van der Waals surface area contributed by atoms with E-state index in [1.165, 1.54) is 0 Å². The molecule has 3 heterocycles. The van der Waals surface area contributed by atoms with Crippen molar-refractivity contribution in [3.05, 3.63) is 54.9 Å². The Balaban J connectivity index is 2.03. The van der Waals surface area contributed by atoms with Gasteiger partial charge in [-0.15, -0.1) is 0 Å². The van der Waals surface area contributed by atoms with Crippen molar-refractivity contribution in [2.45, 2.75) is 6.92 Å². The minimum Gasteiger partial charge on any atom is -0.329 e. The van der Waals surface area contributed by atoms with E-state index in [0.717, 1.165) is 33.7 Å². The molecule has 0 unspecified atom stereocenters. The van der Waals surface area contributed by atoms with Gasteiger partial charge in [-0.3, -0.25) is 0 Å². The molecule has 0 aliphatic heterocycles. The third-order valence-electron chi connectivity index (χ3n) is 3.38. The van der Waals surface area contributed by atoms with Crippen LogP contribution in [0.2, 0.25) is 0 Å². The summed E-state index contributed by atoms with van der Waals surface area (Å²) in [4.78, 5) is 15.9. The predicted molar refractivity (Wildman–Crippen MR) is 79.0 cm³/mol. The number of aromatic amines is 1. The van der Waals surface area contributed by atoms with Crippen molar-refractivity contribution in [1.82, 2.24) is 29.7 Å². The van der Waals surface area contributed by atoms with E-state index in [1.54, 1.807) is 18.9 Å². The van der Waals surface area contributed by atoms with Gasteiger partial charge in [0.15, 0.2) is 5.65 Å². The van der Waals surface area contributed by atoms with Crippen molar-refractivity contribution in [1.29, 1.82) is 0 Å². The van der Waals surface area contributed by atoms with Gasteiger partial charge in [0.25, 0.3) is 0 Å². The molecule has 0 saturated carbocycles. The predicted octanol–water partition coefficient (Wildman–Crippen LogP) is 2.51. The first-order valence-electron chi connectivity index (χ1n) is 6.58. The van der Waals surface area contributed by atoms with Crippen LogP contribution in [0, 0.1) is 6.92 Å². The smallest absolute Gasteiger partial charge is 0.161 e. The zero-order chi connectivity index (χ0) is 14.2. The van der Waals surface area contributed by atoms with Crippen LogP contribution < -0.4 is 0 Å². The van der Waals surface area contributed by atoms with Crippen LogP contribution in [0.1, 0.15) is 5.56 Å². The number of imidazole rings is 1. The minimum atomic E-state index is 0.729. The highest BCUT2D eigenvalue weighted by molar-refractivity contribution is 5.89. The molecule has 102 valence electrons. The average Bonchev–Trinajstić information content (AvgIpc) is 3.18. The van der Waals surface area contributed by atoms with Crippen LogP contribution >= 0.6 is 0 Å². The first kappa shape index (κ1) is 11.8. The van der Waals surface area contributed by atoms with Crippen LogP contribution in [0.15, 0.2) is 49.3 Å². The van der Waals surface area contributed by atoms with Crippen LogP contribution in [0.4, 0.5) is 0 Å². The lowest BCUT2D eigenvalue weighted by Crippen LogP contribution is -2.00. The van der Waals surface area contributed by atoms with Gasteiger partial charge in [-0.1, -0.05) is 12.1 Å². The maximum absolute atomic E-state index is 4.41. The fourth-order valence-corrected chi connectivity index (χ4v) is 2.40. The van der Waals surface area contributed by atoms with E-state index < -0.39 is 0 Å². The van der Waals surface area contributed by atoms with E-state index in [2.05, 4.69) is 44.1 Å². The summed E-state index contributed by atoms with van der Waals surface area (Å²) in [7, 11) is 0. The second kappa shape index (κ2) is 4.52. The fraction of sp³-hybridized carbons (Fsp3) is 0.0667. The molecule has 0 amide bonds. The lowest BCUT2D eigenvalue weighted by atomic mass is 10.1. The Bertz CT molecular complexity index is 907. The third-order valence-corrected chi connectivity index (χ3v) is 3.38. The molecule has 6 heteroatoms. The molecule has 0 atom stereocenters. The van der Waals surface area contributed by atoms with Gasteiger partial charge in [0.2, 0.25) is 0 Å². The molecule has 0 aliphatic rings. The quantitative estimate of drug-likeness (QED) is 0.610. The molecule has 1 aromatic carbocycles. The van der Waals surface area contributed by atoms with Gasteiger partial charge in [-0.25, -0.2) is 19.6 Å². The van der Waals surface area contributed by atoms with E-state index in [-0.39, 0.29) is 0 Å². The molecular weight excluding hydrogens is 264 g/mol. The standard InChI is InChI=1S/C15H12N6/c1-10-3-4-11(12(7-10)21-6-2-5-20-21)13-14-15(18-8-16-13)19-9-17-14/h2-9H,1H3,(H,16,17,18,19). The van der Waals surface area contributed by atoms with E-state index in [4.69, 9.17) is 0 Å². The SMILES string of the molecule is Cc1ccc(-c2ncnc3[nH]cnc23)c(-n2cccn2)c1. The van der Waals surface area contributed by atoms with Crippen molar-refractivity contribution < 1.29 is 0 Å².